The van der Waals surface area contributed by atoms with Crippen LogP contribution >= 0.6 is 0 Å². The summed E-state index contributed by atoms with van der Waals surface area (Å²) in [6, 6.07) is 2.47. The molecule has 86 valence electrons. The first-order valence-corrected chi connectivity index (χ1v) is 9.33. The van der Waals surface area contributed by atoms with Crippen LogP contribution in [0.4, 0.5) is 0 Å². The van der Waals surface area contributed by atoms with Gasteiger partial charge in [0, 0.05) is 5.92 Å². The Kier molecular flexibility index (Phi) is 3.62. The van der Waals surface area contributed by atoms with Gasteiger partial charge in [0.25, 0.3) is 0 Å². The minimum Gasteiger partial charge on any atom is -0.400 e. The second-order valence-electron chi connectivity index (χ2n) is 5.87. The average Bonchev–Trinajstić information content (AvgIpc) is 2.11. The van der Waals surface area contributed by atoms with Gasteiger partial charge >= 0.3 is 0 Å². The lowest BCUT2D eigenvalue weighted by Crippen LogP contribution is -2.50. The summed E-state index contributed by atoms with van der Waals surface area (Å²) in [7, 11) is -1.63. The van der Waals surface area contributed by atoms with E-state index in [4.69, 9.17) is 4.43 Å². The number of hydrogen-bond donors (Lipinski definition) is 0. The maximum Gasteiger partial charge on any atom is 0.185 e. The third kappa shape index (κ3) is 2.82. The molecular formula is C12H23NOSi. The van der Waals surface area contributed by atoms with Gasteiger partial charge in [-0.15, -0.1) is 0 Å². The topological polar surface area (TPSA) is 33.0 Å². The summed E-state index contributed by atoms with van der Waals surface area (Å²) in [5.74, 6) is 0.970. The Labute approximate surface area is 94.8 Å². The third-order valence-electron chi connectivity index (χ3n) is 3.47. The van der Waals surface area contributed by atoms with Gasteiger partial charge in [-0.05, 0) is 38.4 Å². The van der Waals surface area contributed by atoms with Crippen LogP contribution in [0.5, 0.6) is 0 Å². The molecule has 3 atom stereocenters. The Balaban J connectivity index is 2.88. The molecule has 1 aliphatic carbocycles. The molecule has 0 spiro atoms. The first-order chi connectivity index (χ1) is 6.81. The second kappa shape index (κ2) is 4.27. The van der Waals surface area contributed by atoms with Crippen LogP contribution < -0.4 is 0 Å². The van der Waals surface area contributed by atoms with Gasteiger partial charge in [0.1, 0.15) is 5.60 Å². The quantitative estimate of drug-likeness (QED) is 0.673. The van der Waals surface area contributed by atoms with Gasteiger partial charge in [0.15, 0.2) is 8.32 Å². The van der Waals surface area contributed by atoms with E-state index in [0.717, 1.165) is 12.8 Å². The number of hydrogen-bond acceptors (Lipinski definition) is 2. The fraction of sp³-hybridized carbons (Fsp3) is 0.917. The Hall–Kier alpha value is -0.333. The normalized spacial score (nSPS) is 37.3. The van der Waals surface area contributed by atoms with Crippen LogP contribution in [0.15, 0.2) is 0 Å². The molecule has 0 aliphatic heterocycles. The van der Waals surface area contributed by atoms with Crippen LogP contribution in [0.3, 0.4) is 0 Å². The lowest BCUT2D eigenvalue weighted by molar-refractivity contribution is 0.00103. The monoisotopic (exact) mass is 225 g/mol. The predicted octanol–water partition coefficient (Wildman–Crippen LogP) is 3.56. The molecule has 0 aromatic rings. The maximum atomic E-state index is 9.44. The molecule has 0 bridgehead atoms. The van der Waals surface area contributed by atoms with E-state index in [2.05, 4.69) is 39.6 Å². The summed E-state index contributed by atoms with van der Waals surface area (Å²) >= 11 is 0. The molecule has 0 N–H and O–H groups in total. The molecule has 15 heavy (non-hydrogen) atoms. The van der Waals surface area contributed by atoms with Crippen molar-refractivity contribution < 1.29 is 4.43 Å². The largest absolute Gasteiger partial charge is 0.400 e. The van der Waals surface area contributed by atoms with Crippen LogP contribution in [0, 0.1) is 23.2 Å². The van der Waals surface area contributed by atoms with Crippen molar-refractivity contribution >= 4 is 8.32 Å². The van der Waals surface area contributed by atoms with E-state index < -0.39 is 13.9 Å². The first kappa shape index (κ1) is 12.7. The van der Waals surface area contributed by atoms with E-state index in [9.17, 15) is 5.26 Å². The average molecular weight is 225 g/mol. The summed E-state index contributed by atoms with van der Waals surface area (Å²) in [4.78, 5) is 0. The molecule has 0 radical (unpaired) electrons. The van der Waals surface area contributed by atoms with Crippen LogP contribution in [0.2, 0.25) is 19.6 Å². The summed E-state index contributed by atoms with van der Waals surface area (Å²) in [5, 5.41) is 9.44. The molecule has 3 heteroatoms. The van der Waals surface area contributed by atoms with Crippen LogP contribution in [0.25, 0.3) is 0 Å². The van der Waals surface area contributed by atoms with Crippen molar-refractivity contribution in [2.75, 3.05) is 0 Å². The molecule has 3 unspecified atom stereocenters. The van der Waals surface area contributed by atoms with Crippen LogP contribution in [-0.4, -0.2) is 13.9 Å². The molecule has 0 amide bonds. The Morgan fingerprint density at radius 2 is 1.93 bits per heavy atom. The van der Waals surface area contributed by atoms with Crippen LogP contribution in [-0.2, 0) is 4.43 Å². The van der Waals surface area contributed by atoms with E-state index >= 15 is 0 Å². The standard InChI is InChI=1S/C12H23NOSi/c1-10-7-6-8-12(9-13,11(10)2)14-15(3,4)5/h10-11H,6-8H2,1-5H3. The number of nitrogens with zero attached hydrogens (tertiary/aromatic N) is 1. The summed E-state index contributed by atoms with van der Waals surface area (Å²) in [5.41, 5.74) is -0.498. The van der Waals surface area contributed by atoms with E-state index in [0.29, 0.717) is 11.8 Å². The third-order valence-corrected chi connectivity index (χ3v) is 4.45. The van der Waals surface area contributed by atoms with Crippen molar-refractivity contribution in [1.82, 2.24) is 0 Å². The Morgan fingerprint density at radius 1 is 1.33 bits per heavy atom. The minimum absolute atomic E-state index is 0.364. The van der Waals surface area contributed by atoms with Crippen molar-refractivity contribution in [3.8, 4) is 6.07 Å². The van der Waals surface area contributed by atoms with E-state index in [-0.39, 0.29) is 0 Å². The van der Waals surface area contributed by atoms with Gasteiger partial charge in [-0.3, -0.25) is 0 Å². The summed E-state index contributed by atoms with van der Waals surface area (Å²) < 4.78 is 6.18. The summed E-state index contributed by atoms with van der Waals surface area (Å²) in [6.45, 7) is 10.9. The number of nitriles is 1. The summed E-state index contributed by atoms with van der Waals surface area (Å²) in [6.07, 6.45) is 3.28. The molecule has 0 aromatic carbocycles. The molecule has 1 saturated carbocycles. The first-order valence-electron chi connectivity index (χ1n) is 5.92. The fourth-order valence-electron chi connectivity index (χ4n) is 2.49. The van der Waals surface area contributed by atoms with Crippen molar-refractivity contribution in [3.63, 3.8) is 0 Å². The van der Waals surface area contributed by atoms with E-state index in [1.807, 2.05) is 0 Å². The van der Waals surface area contributed by atoms with Crippen molar-refractivity contribution in [2.45, 2.75) is 58.4 Å². The van der Waals surface area contributed by atoms with Crippen molar-refractivity contribution in [1.29, 1.82) is 5.26 Å². The van der Waals surface area contributed by atoms with E-state index in [1.165, 1.54) is 6.42 Å². The minimum atomic E-state index is -1.63. The molecular weight excluding hydrogens is 202 g/mol. The molecule has 2 nitrogen and oxygen atoms in total. The highest BCUT2D eigenvalue weighted by atomic mass is 28.4. The fourth-order valence-corrected chi connectivity index (χ4v) is 3.92. The lowest BCUT2D eigenvalue weighted by Gasteiger charge is -2.44. The van der Waals surface area contributed by atoms with E-state index in [1.54, 1.807) is 0 Å². The van der Waals surface area contributed by atoms with Crippen molar-refractivity contribution in [3.05, 3.63) is 0 Å². The zero-order valence-electron chi connectivity index (χ0n) is 10.6. The SMILES string of the molecule is CC1CCCC(C#N)(O[Si](C)(C)C)C1C. The molecule has 1 aliphatic rings. The highest BCUT2D eigenvalue weighted by Crippen LogP contribution is 2.41. The van der Waals surface area contributed by atoms with Crippen LogP contribution in [0.1, 0.15) is 33.1 Å². The Morgan fingerprint density at radius 3 is 2.40 bits per heavy atom. The highest BCUT2D eigenvalue weighted by molar-refractivity contribution is 6.69. The zero-order valence-corrected chi connectivity index (χ0v) is 11.6. The van der Waals surface area contributed by atoms with Gasteiger partial charge in [0.05, 0.1) is 6.07 Å². The maximum absolute atomic E-state index is 9.44. The second-order valence-corrected chi connectivity index (χ2v) is 10.3. The Bertz CT molecular complexity index is 266. The molecule has 0 heterocycles. The zero-order chi connectivity index (χ0) is 11.7. The highest BCUT2D eigenvalue weighted by Gasteiger charge is 2.45. The molecule has 1 rings (SSSR count). The molecule has 0 saturated heterocycles. The molecule has 1 fully saturated rings. The van der Waals surface area contributed by atoms with Gasteiger partial charge in [-0.25, -0.2) is 0 Å². The number of rotatable bonds is 2. The van der Waals surface area contributed by atoms with Gasteiger partial charge in [-0.2, -0.15) is 5.26 Å². The van der Waals surface area contributed by atoms with Gasteiger partial charge in [-0.1, -0.05) is 20.3 Å². The van der Waals surface area contributed by atoms with Crippen molar-refractivity contribution in [2.24, 2.45) is 11.8 Å². The van der Waals surface area contributed by atoms with Gasteiger partial charge < -0.3 is 4.43 Å². The smallest absolute Gasteiger partial charge is 0.185 e. The van der Waals surface area contributed by atoms with Gasteiger partial charge in [0.2, 0.25) is 0 Å². The predicted molar refractivity (Wildman–Crippen MR) is 65.0 cm³/mol. The molecule has 0 aromatic heterocycles. The lowest BCUT2D eigenvalue weighted by atomic mass is 9.71.